The van der Waals surface area contributed by atoms with Crippen LogP contribution >= 0.6 is 34.8 Å². The number of carbonyl (C=O) groups excluding carboxylic acids is 1. The van der Waals surface area contributed by atoms with E-state index in [0.717, 1.165) is 16.8 Å². The van der Waals surface area contributed by atoms with Crippen LogP contribution in [0.4, 0.5) is 24.5 Å². The van der Waals surface area contributed by atoms with Gasteiger partial charge in [-0.2, -0.15) is 18.3 Å². The van der Waals surface area contributed by atoms with Crippen LogP contribution < -0.4 is 10.1 Å². The Kier molecular flexibility index (Phi) is 7.29. The number of anilines is 1. The maximum Gasteiger partial charge on any atom is 0.436 e. The van der Waals surface area contributed by atoms with E-state index in [2.05, 4.69) is 10.4 Å². The molecule has 0 aliphatic heterocycles. The van der Waals surface area contributed by atoms with Crippen molar-refractivity contribution in [2.45, 2.75) is 26.1 Å². The Morgan fingerprint density at radius 2 is 1.88 bits per heavy atom. The third-order valence-electron chi connectivity index (χ3n) is 4.58. The van der Waals surface area contributed by atoms with Crippen LogP contribution in [0, 0.1) is 17.0 Å². The molecular formula is C20H14Cl3F3N4O4. The molecule has 1 heterocycles. The lowest BCUT2D eigenvalue weighted by atomic mass is 10.2. The highest BCUT2D eigenvalue weighted by Crippen LogP contribution is 2.37. The number of nitro benzene ring substituents is 1. The zero-order chi connectivity index (χ0) is 25.4. The molecule has 14 heteroatoms. The number of halogens is 6. The predicted octanol–water partition coefficient (Wildman–Crippen LogP) is 7.07. The van der Waals surface area contributed by atoms with Crippen molar-refractivity contribution in [1.82, 2.24) is 9.78 Å². The molecule has 34 heavy (non-hydrogen) atoms. The Hall–Kier alpha value is -3.02. The van der Waals surface area contributed by atoms with Gasteiger partial charge in [-0.15, -0.1) is 0 Å². The zero-order valence-corrected chi connectivity index (χ0v) is 19.6. The van der Waals surface area contributed by atoms with Gasteiger partial charge in [0.05, 0.1) is 32.4 Å². The van der Waals surface area contributed by atoms with Crippen LogP contribution in [0.15, 0.2) is 36.4 Å². The summed E-state index contributed by atoms with van der Waals surface area (Å²) in [6.07, 6.45) is -4.81. The monoisotopic (exact) mass is 536 g/mol. The Labute approximate surface area is 205 Å². The van der Waals surface area contributed by atoms with Gasteiger partial charge in [0.2, 0.25) is 5.91 Å². The Bertz CT molecular complexity index is 1280. The first-order chi connectivity index (χ1) is 15.8. The molecule has 0 saturated carbocycles. The summed E-state index contributed by atoms with van der Waals surface area (Å²) < 4.78 is 45.7. The summed E-state index contributed by atoms with van der Waals surface area (Å²) in [5, 5.41) is 17.0. The van der Waals surface area contributed by atoms with E-state index in [1.807, 2.05) is 0 Å². The van der Waals surface area contributed by atoms with Gasteiger partial charge in [-0.3, -0.25) is 19.6 Å². The fourth-order valence-electron chi connectivity index (χ4n) is 2.92. The highest BCUT2D eigenvalue weighted by atomic mass is 35.5. The van der Waals surface area contributed by atoms with Crippen LogP contribution in [-0.4, -0.2) is 20.6 Å². The molecule has 1 aromatic heterocycles. The van der Waals surface area contributed by atoms with Gasteiger partial charge in [0.15, 0.2) is 5.69 Å². The van der Waals surface area contributed by atoms with Crippen molar-refractivity contribution < 1.29 is 27.6 Å². The molecule has 3 aromatic rings. The minimum absolute atomic E-state index is 0.0287. The largest absolute Gasteiger partial charge is 0.455 e. The number of nitrogens with one attached hydrogen (secondary N) is 1. The number of hydrogen-bond donors (Lipinski definition) is 1. The number of ether oxygens (including phenoxy) is 1. The molecule has 1 amide bonds. The van der Waals surface area contributed by atoms with Crippen LogP contribution in [0.2, 0.25) is 15.1 Å². The van der Waals surface area contributed by atoms with Gasteiger partial charge < -0.3 is 10.1 Å². The summed E-state index contributed by atoms with van der Waals surface area (Å²) in [6.45, 7) is 2.58. The summed E-state index contributed by atoms with van der Waals surface area (Å²) in [5.41, 5.74) is -1.85. The minimum Gasteiger partial charge on any atom is -0.455 e. The highest BCUT2D eigenvalue weighted by Gasteiger charge is 2.39. The first kappa shape index (κ1) is 25.6. The summed E-state index contributed by atoms with van der Waals surface area (Å²) in [6, 6.07) is 6.58. The zero-order valence-electron chi connectivity index (χ0n) is 17.3. The van der Waals surface area contributed by atoms with Crippen LogP contribution in [0.5, 0.6) is 11.5 Å². The second-order valence-corrected chi connectivity index (χ2v) is 8.23. The molecule has 1 atom stereocenters. The smallest absolute Gasteiger partial charge is 0.436 e. The molecule has 3 rings (SSSR count). The molecule has 180 valence electrons. The SMILES string of the molecule is Cc1c(Cl)c(C(F)(F)F)nn1C(C)C(=O)Nc1cc(Oc2ccc(Cl)cc2Cl)cc([N+](=O)[O-])c1. The third kappa shape index (κ3) is 5.54. The lowest BCUT2D eigenvalue weighted by Crippen LogP contribution is -2.25. The van der Waals surface area contributed by atoms with Gasteiger partial charge in [0, 0.05) is 17.2 Å². The van der Waals surface area contributed by atoms with E-state index in [1.165, 1.54) is 38.1 Å². The van der Waals surface area contributed by atoms with Crippen molar-refractivity contribution >= 4 is 52.1 Å². The van der Waals surface area contributed by atoms with E-state index >= 15 is 0 Å². The number of benzene rings is 2. The first-order valence-corrected chi connectivity index (χ1v) is 10.5. The van der Waals surface area contributed by atoms with Crippen molar-refractivity contribution in [2.24, 2.45) is 0 Å². The van der Waals surface area contributed by atoms with E-state index in [9.17, 15) is 28.1 Å². The summed E-state index contributed by atoms with van der Waals surface area (Å²) >= 11 is 17.6. The van der Waals surface area contributed by atoms with E-state index in [4.69, 9.17) is 39.5 Å². The van der Waals surface area contributed by atoms with E-state index in [1.54, 1.807) is 0 Å². The van der Waals surface area contributed by atoms with Crippen LogP contribution in [-0.2, 0) is 11.0 Å². The molecule has 0 bridgehead atoms. The standard InChI is InChI=1S/C20H14Cl3F3N4O4/c1-9-17(23)18(20(24,25)26)28-29(9)10(2)19(31)27-12-6-13(30(32)33)8-14(7-12)34-16-4-3-11(21)5-15(16)22/h3-8,10H,1-2H3,(H,27,31). The second-order valence-electron chi connectivity index (χ2n) is 7.01. The number of rotatable bonds is 6. The van der Waals surface area contributed by atoms with Gasteiger partial charge in [-0.25, -0.2) is 0 Å². The van der Waals surface area contributed by atoms with Crippen LogP contribution in [0.3, 0.4) is 0 Å². The number of nitrogens with zero attached hydrogens (tertiary/aromatic N) is 3. The lowest BCUT2D eigenvalue weighted by Gasteiger charge is -2.15. The number of carbonyl (C=O) groups is 1. The Morgan fingerprint density at radius 3 is 2.44 bits per heavy atom. The predicted molar refractivity (Wildman–Crippen MR) is 120 cm³/mol. The number of hydrogen-bond acceptors (Lipinski definition) is 5. The van der Waals surface area contributed by atoms with Crippen LogP contribution in [0.1, 0.15) is 24.4 Å². The van der Waals surface area contributed by atoms with Crippen molar-refractivity contribution in [3.05, 3.63) is 73.0 Å². The number of non-ortho nitro benzene ring substituents is 1. The van der Waals surface area contributed by atoms with Gasteiger partial charge in [-0.05, 0) is 32.0 Å². The number of nitro groups is 1. The topological polar surface area (TPSA) is 99.3 Å². The molecule has 0 saturated heterocycles. The van der Waals surface area contributed by atoms with Crippen molar-refractivity contribution in [3.63, 3.8) is 0 Å². The second kappa shape index (κ2) is 9.69. The van der Waals surface area contributed by atoms with E-state index < -0.39 is 39.5 Å². The number of amides is 1. The summed E-state index contributed by atoms with van der Waals surface area (Å²) in [4.78, 5) is 23.4. The Balaban J connectivity index is 1.90. The molecule has 0 fully saturated rings. The van der Waals surface area contributed by atoms with Crippen molar-refractivity contribution in [1.29, 1.82) is 0 Å². The number of alkyl halides is 3. The molecule has 0 aliphatic rings. The van der Waals surface area contributed by atoms with E-state index in [-0.39, 0.29) is 27.9 Å². The average Bonchev–Trinajstić information content (AvgIpc) is 3.04. The molecule has 1 unspecified atom stereocenters. The van der Waals surface area contributed by atoms with Gasteiger partial charge in [0.25, 0.3) is 5.69 Å². The summed E-state index contributed by atoms with van der Waals surface area (Å²) in [5.74, 6) is -0.676. The molecule has 1 N–H and O–H groups in total. The molecule has 2 aromatic carbocycles. The lowest BCUT2D eigenvalue weighted by molar-refractivity contribution is -0.384. The number of aromatic nitrogens is 2. The molecule has 0 aliphatic carbocycles. The minimum atomic E-state index is -4.81. The molecule has 0 spiro atoms. The van der Waals surface area contributed by atoms with Crippen LogP contribution in [0.25, 0.3) is 0 Å². The molecule has 8 nitrogen and oxygen atoms in total. The van der Waals surface area contributed by atoms with Crippen molar-refractivity contribution in [2.75, 3.05) is 5.32 Å². The molecular weight excluding hydrogens is 524 g/mol. The highest BCUT2D eigenvalue weighted by molar-refractivity contribution is 6.35. The maximum atomic E-state index is 13.1. The quantitative estimate of drug-likeness (QED) is 0.268. The van der Waals surface area contributed by atoms with E-state index in [0.29, 0.717) is 5.02 Å². The van der Waals surface area contributed by atoms with Gasteiger partial charge >= 0.3 is 6.18 Å². The van der Waals surface area contributed by atoms with Gasteiger partial charge in [-0.1, -0.05) is 34.8 Å². The fourth-order valence-corrected chi connectivity index (χ4v) is 3.60. The fraction of sp³-hybridized carbons (Fsp3) is 0.200. The molecule has 0 radical (unpaired) electrons. The van der Waals surface area contributed by atoms with Gasteiger partial charge in [0.1, 0.15) is 17.5 Å². The summed E-state index contributed by atoms with van der Waals surface area (Å²) in [7, 11) is 0. The maximum absolute atomic E-state index is 13.1. The average molecular weight is 538 g/mol. The Morgan fingerprint density at radius 1 is 1.21 bits per heavy atom. The third-order valence-corrected chi connectivity index (χ3v) is 5.57. The normalized spacial score (nSPS) is 12.4. The van der Waals surface area contributed by atoms with Crippen molar-refractivity contribution in [3.8, 4) is 11.5 Å². The first-order valence-electron chi connectivity index (χ1n) is 9.33.